The smallest absolute Gasteiger partial charge is 0.254 e. The number of hydrogen-bond donors (Lipinski definition) is 2. The summed E-state index contributed by atoms with van der Waals surface area (Å²) < 4.78 is 0. The first-order chi connectivity index (χ1) is 11.0. The number of benzene rings is 2. The molecule has 1 fully saturated rings. The summed E-state index contributed by atoms with van der Waals surface area (Å²) in [5.41, 5.74) is 8.36. The Kier molecular flexibility index (Phi) is 4.62. The van der Waals surface area contributed by atoms with Gasteiger partial charge in [-0.25, -0.2) is 0 Å². The van der Waals surface area contributed by atoms with Gasteiger partial charge in [-0.1, -0.05) is 37.3 Å². The number of anilines is 1. The summed E-state index contributed by atoms with van der Waals surface area (Å²) >= 11 is 4.27. The standard InChI is InChI=1S/C19H22N2OS/c1-13-9-16(10-14-5-3-2-4-6-14)21(12-13)19(22)15-7-8-18(23)17(20)11-15/h2-8,11,13,16,23H,9-10,12,20H2,1H3. The number of nitrogens with two attached hydrogens (primary N) is 1. The molecule has 1 heterocycles. The molecule has 1 aliphatic rings. The topological polar surface area (TPSA) is 46.3 Å². The molecule has 1 amide bonds. The van der Waals surface area contributed by atoms with Gasteiger partial charge in [0.15, 0.2) is 0 Å². The minimum absolute atomic E-state index is 0.0651. The highest BCUT2D eigenvalue weighted by molar-refractivity contribution is 7.80. The number of carbonyl (C=O) groups excluding carboxylic acids is 1. The van der Waals surface area contributed by atoms with E-state index in [0.717, 1.165) is 19.4 Å². The van der Waals surface area contributed by atoms with Gasteiger partial charge in [0.2, 0.25) is 0 Å². The quantitative estimate of drug-likeness (QED) is 0.668. The predicted octanol–water partition coefficient (Wildman–Crippen LogP) is 3.65. The maximum Gasteiger partial charge on any atom is 0.254 e. The van der Waals surface area contributed by atoms with Gasteiger partial charge >= 0.3 is 0 Å². The van der Waals surface area contributed by atoms with Crippen LogP contribution in [-0.2, 0) is 6.42 Å². The number of nitrogens with zero attached hydrogens (tertiary/aromatic N) is 1. The van der Waals surface area contributed by atoms with E-state index in [-0.39, 0.29) is 11.9 Å². The molecule has 23 heavy (non-hydrogen) atoms. The lowest BCUT2D eigenvalue weighted by atomic mass is 10.0. The van der Waals surface area contributed by atoms with E-state index in [0.29, 0.717) is 22.1 Å². The van der Waals surface area contributed by atoms with Crippen LogP contribution >= 0.6 is 12.6 Å². The highest BCUT2D eigenvalue weighted by atomic mass is 32.1. The molecule has 3 nitrogen and oxygen atoms in total. The van der Waals surface area contributed by atoms with Crippen LogP contribution < -0.4 is 5.73 Å². The van der Waals surface area contributed by atoms with E-state index in [9.17, 15) is 4.79 Å². The van der Waals surface area contributed by atoms with Crippen LogP contribution in [0.25, 0.3) is 0 Å². The van der Waals surface area contributed by atoms with Crippen LogP contribution in [0.15, 0.2) is 53.4 Å². The minimum atomic E-state index is 0.0651. The summed E-state index contributed by atoms with van der Waals surface area (Å²) in [6, 6.07) is 15.9. The van der Waals surface area contributed by atoms with Crippen molar-refractivity contribution in [1.29, 1.82) is 0 Å². The van der Waals surface area contributed by atoms with Gasteiger partial charge in [0, 0.05) is 28.7 Å². The fourth-order valence-electron chi connectivity index (χ4n) is 3.33. The zero-order valence-corrected chi connectivity index (χ0v) is 14.2. The lowest BCUT2D eigenvalue weighted by Crippen LogP contribution is -2.37. The average Bonchev–Trinajstić information content (AvgIpc) is 2.91. The fraction of sp³-hybridized carbons (Fsp3) is 0.316. The summed E-state index contributed by atoms with van der Waals surface area (Å²) in [4.78, 5) is 15.6. The first-order valence-corrected chi connectivity index (χ1v) is 8.42. The minimum Gasteiger partial charge on any atom is -0.398 e. The Morgan fingerprint density at radius 3 is 2.70 bits per heavy atom. The number of nitrogen functional groups attached to an aromatic ring is 1. The van der Waals surface area contributed by atoms with Gasteiger partial charge in [0.05, 0.1) is 0 Å². The van der Waals surface area contributed by atoms with Crippen LogP contribution in [0.4, 0.5) is 5.69 Å². The van der Waals surface area contributed by atoms with Gasteiger partial charge in [-0.3, -0.25) is 4.79 Å². The van der Waals surface area contributed by atoms with Crippen LogP contribution in [0.3, 0.4) is 0 Å². The molecule has 2 atom stereocenters. The monoisotopic (exact) mass is 326 g/mol. The zero-order valence-electron chi connectivity index (χ0n) is 13.3. The van der Waals surface area contributed by atoms with Gasteiger partial charge in [0.1, 0.15) is 0 Å². The van der Waals surface area contributed by atoms with E-state index in [1.54, 1.807) is 12.1 Å². The largest absolute Gasteiger partial charge is 0.398 e. The zero-order chi connectivity index (χ0) is 16.4. The van der Waals surface area contributed by atoms with Crippen molar-refractivity contribution in [1.82, 2.24) is 4.90 Å². The van der Waals surface area contributed by atoms with Crippen molar-refractivity contribution in [2.24, 2.45) is 5.92 Å². The van der Waals surface area contributed by atoms with E-state index >= 15 is 0 Å². The van der Waals surface area contributed by atoms with E-state index in [1.807, 2.05) is 29.2 Å². The van der Waals surface area contributed by atoms with Crippen LogP contribution in [0.1, 0.15) is 29.3 Å². The molecule has 0 saturated carbocycles. The van der Waals surface area contributed by atoms with Crippen molar-refractivity contribution in [3.05, 3.63) is 59.7 Å². The summed E-state index contributed by atoms with van der Waals surface area (Å²) in [6.45, 7) is 3.01. The van der Waals surface area contributed by atoms with Crippen molar-refractivity contribution in [3.8, 4) is 0 Å². The Morgan fingerprint density at radius 2 is 2.00 bits per heavy atom. The molecule has 1 aliphatic heterocycles. The Morgan fingerprint density at radius 1 is 1.26 bits per heavy atom. The Labute approximate surface area is 142 Å². The van der Waals surface area contributed by atoms with Gasteiger partial charge in [-0.2, -0.15) is 0 Å². The third-order valence-corrected chi connectivity index (χ3v) is 4.88. The highest BCUT2D eigenvalue weighted by Gasteiger charge is 2.33. The third-order valence-electron chi connectivity index (χ3n) is 4.47. The maximum atomic E-state index is 12.9. The third kappa shape index (κ3) is 3.53. The molecule has 0 spiro atoms. The summed E-state index contributed by atoms with van der Waals surface area (Å²) in [6.07, 6.45) is 1.94. The molecule has 2 aromatic carbocycles. The van der Waals surface area contributed by atoms with E-state index < -0.39 is 0 Å². The maximum absolute atomic E-state index is 12.9. The molecule has 0 aliphatic carbocycles. The second-order valence-corrected chi connectivity index (χ2v) is 6.90. The van der Waals surface area contributed by atoms with Crippen molar-refractivity contribution in [3.63, 3.8) is 0 Å². The van der Waals surface area contributed by atoms with Crippen LogP contribution in [0.5, 0.6) is 0 Å². The summed E-state index contributed by atoms with van der Waals surface area (Å²) in [5, 5.41) is 0. The van der Waals surface area contributed by atoms with Gasteiger partial charge < -0.3 is 10.6 Å². The molecule has 0 bridgehead atoms. The molecule has 120 valence electrons. The summed E-state index contributed by atoms with van der Waals surface area (Å²) in [5.74, 6) is 0.587. The van der Waals surface area contributed by atoms with Crippen molar-refractivity contribution in [2.45, 2.75) is 30.7 Å². The van der Waals surface area contributed by atoms with Crippen LogP contribution in [0.2, 0.25) is 0 Å². The predicted molar refractivity (Wildman–Crippen MR) is 96.9 cm³/mol. The van der Waals surface area contributed by atoms with Crippen molar-refractivity contribution in [2.75, 3.05) is 12.3 Å². The van der Waals surface area contributed by atoms with Crippen LogP contribution in [0, 0.1) is 5.92 Å². The number of hydrogen-bond acceptors (Lipinski definition) is 3. The molecule has 3 rings (SSSR count). The molecule has 0 aromatic heterocycles. The first-order valence-electron chi connectivity index (χ1n) is 7.98. The average molecular weight is 326 g/mol. The molecule has 2 unspecified atom stereocenters. The van der Waals surface area contributed by atoms with Crippen molar-refractivity contribution >= 4 is 24.2 Å². The lowest BCUT2D eigenvalue weighted by Gasteiger charge is -2.25. The molecular weight excluding hydrogens is 304 g/mol. The molecule has 2 aromatic rings. The molecule has 1 saturated heterocycles. The number of thiol groups is 1. The van der Waals surface area contributed by atoms with E-state index in [4.69, 9.17) is 5.73 Å². The molecule has 2 N–H and O–H groups in total. The highest BCUT2D eigenvalue weighted by Crippen LogP contribution is 2.28. The number of amides is 1. The molecule has 0 radical (unpaired) electrons. The molecule has 4 heteroatoms. The Bertz CT molecular complexity index is 702. The van der Waals surface area contributed by atoms with Crippen LogP contribution in [-0.4, -0.2) is 23.4 Å². The lowest BCUT2D eigenvalue weighted by molar-refractivity contribution is 0.0733. The fourth-order valence-corrected chi connectivity index (χ4v) is 3.47. The Balaban J connectivity index is 1.81. The Hall–Kier alpha value is -1.94. The summed E-state index contributed by atoms with van der Waals surface area (Å²) in [7, 11) is 0. The van der Waals surface area contributed by atoms with Gasteiger partial charge in [-0.15, -0.1) is 12.6 Å². The second-order valence-electron chi connectivity index (χ2n) is 6.42. The van der Waals surface area contributed by atoms with E-state index in [2.05, 4.69) is 31.7 Å². The van der Waals surface area contributed by atoms with Gasteiger partial charge in [0.25, 0.3) is 5.91 Å². The second kappa shape index (κ2) is 6.67. The van der Waals surface area contributed by atoms with Crippen molar-refractivity contribution < 1.29 is 4.79 Å². The van der Waals surface area contributed by atoms with E-state index in [1.165, 1.54) is 5.56 Å². The molecular formula is C19H22N2OS. The first kappa shape index (κ1) is 15.9. The number of likely N-dealkylation sites (tertiary alicyclic amines) is 1. The number of rotatable bonds is 3. The SMILES string of the molecule is CC1CC(Cc2ccccc2)N(C(=O)c2ccc(S)c(N)c2)C1. The normalized spacial score (nSPS) is 20.7. The number of carbonyl (C=O) groups is 1. The van der Waals surface area contributed by atoms with Gasteiger partial charge in [-0.05, 0) is 42.5 Å².